The van der Waals surface area contributed by atoms with Crippen molar-refractivity contribution < 1.29 is 4.74 Å². The van der Waals surface area contributed by atoms with E-state index >= 15 is 0 Å². The first-order chi connectivity index (χ1) is 8.88. The summed E-state index contributed by atoms with van der Waals surface area (Å²) in [4.78, 5) is 4.14. The van der Waals surface area contributed by atoms with Crippen LogP contribution < -0.4 is 5.32 Å². The van der Waals surface area contributed by atoms with E-state index < -0.39 is 0 Å². The van der Waals surface area contributed by atoms with Gasteiger partial charge < -0.3 is 10.1 Å². The van der Waals surface area contributed by atoms with Gasteiger partial charge in [-0.25, -0.2) is 4.98 Å². The molecule has 0 amide bonds. The van der Waals surface area contributed by atoms with E-state index in [1.807, 2.05) is 12.1 Å². The van der Waals surface area contributed by atoms with Crippen molar-refractivity contribution in [3.63, 3.8) is 0 Å². The number of pyridine rings is 1. The Bertz CT molecular complexity index is 390. The molecule has 0 radical (unpaired) electrons. The highest BCUT2D eigenvalue weighted by Crippen LogP contribution is 2.19. The molecular formula is C14H19N3O. The molecule has 1 aromatic heterocycles. The van der Waals surface area contributed by atoms with Gasteiger partial charge in [0.05, 0.1) is 18.3 Å². The average Bonchev–Trinajstić information content (AvgIpc) is 2.45. The molecule has 1 aliphatic rings. The molecule has 1 heterocycles. The third-order valence-corrected chi connectivity index (χ3v) is 3.21. The van der Waals surface area contributed by atoms with Gasteiger partial charge in [-0.15, -0.1) is 0 Å². The first-order valence-electron chi connectivity index (χ1n) is 6.60. The van der Waals surface area contributed by atoms with E-state index in [-0.39, 0.29) is 0 Å². The Morgan fingerprint density at radius 2 is 2.17 bits per heavy atom. The van der Waals surface area contributed by atoms with Gasteiger partial charge in [0.2, 0.25) is 0 Å². The molecule has 18 heavy (non-hydrogen) atoms. The van der Waals surface area contributed by atoms with Crippen molar-refractivity contribution in [2.45, 2.75) is 38.2 Å². The molecular weight excluding hydrogens is 226 g/mol. The van der Waals surface area contributed by atoms with Crippen LogP contribution in [0.2, 0.25) is 0 Å². The van der Waals surface area contributed by atoms with Crippen molar-refractivity contribution in [1.29, 1.82) is 5.26 Å². The van der Waals surface area contributed by atoms with Crippen molar-refractivity contribution >= 4 is 5.82 Å². The number of nitrogens with one attached hydrogen (secondary N) is 1. The fourth-order valence-corrected chi connectivity index (χ4v) is 2.20. The van der Waals surface area contributed by atoms with Crippen LogP contribution in [0.5, 0.6) is 0 Å². The lowest BCUT2D eigenvalue weighted by molar-refractivity contribution is 0.0347. The fraction of sp³-hybridized carbons (Fsp3) is 0.571. The summed E-state index contributed by atoms with van der Waals surface area (Å²) in [5, 5.41) is 11.8. The van der Waals surface area contributed by atoms with Gasteiger partial charge in [-0.2, -0.15) is 5.26 Å². The van der Waals surface area contributed by atoms with Crippen LogP contribution >= 0.6 is 0 Å². The van der Waals surface area contributed by atoms with Gasteiger partial charge in [0, 0.05) is 12.7 Å². The number of hydrogen-bond donors (Lipinski definition) is 1. The van der Waals surface area contributed by atoms with Gasteiger partial charge in [0.25, 0.3) is 0 Å². The third kappa shape index (κ3) is 4.01. The maximum Gasteiger partial charge on any atom is 0.126 e. The van der Waals surface area contributed by atoms with Crippen molar-refractivity contribution in [1.82, 2.24) is 4.98 Å². The van der Waals surface area contributed by atoms with E-state index in [1.54, 1.807) is 12.3 Å². The van der Waals surface area contributed by atoms with Crippen LogP contribution in [0.3, 0.4) is 0 Å². The van der Waals surface area contributed by atoms with Gasteiger partial charge >= 0.3 is 0 Å². The van der Waals surface area contributed by atoms with E-state index in [9.17, 15) is 0 Å². The number of hydrogen-bond acceptors (Lipinski definition) is 4. The summed E-state index contributed by atoms with van der Waals surface area (Å²) in [6.07, 6.45) is 8.39. The topological polar surface area (TPSA) is 57.9 Å². The molecule has 1 fully saturated rings. The van der Waals surface area contributed by atoms with Crippen molar-refractivity contribution in [2.24, 2.45) is 0 Å². The molecule has 0 unspecified atom stereocenters. The summed E-state index contributed by atoms with van der Waals surface area (Å²) >= 11 is 0. The van der Waals surface area contributed by atoms with Crippen LogP contribution in [-0.4, -0.2) is 24.2 Å². The maximum atomic E-state index is 8.66. The molecule has 96 valence electrons. The van der Waals surface area contributed by atoms with Gasteiger partial charge in [-0.3, -0.25) is 0 Å². The number of nitriles is 1. The predicted molar refractivity (Wildman–Crippen MR) is 70.3 cm³/mol. The van der Waals surface area contributed by atoms with Crippen LogP contribution in [0.15, 0.2) is 18.3 Å². The van der Waals surface area contributed by atoms with Crippen LogP contribution in [-0.2, 0) is 4.74 Å². The molecule has 0 bridgehead atoms. The summed E-state index contributed by atoms with van der Waals surface area (Å²) in [7, 11) is 0. The number of rotatable bonds is 5. The van der Waals surface area contributed by atoms with Crippen molar-refractivity contribution in [3.8, 4) is 6.07 Å². The van der Waals surface area contributed by atoms with E-state index in [0.717, 1.165) is 12.4 Å². The Morgan fingerprint density at radius 1 is 1.33 bits per heavy atom. The molecule has 1 aromatic rings. The Balaban J connectivity index is 1.63. The van der Waals surface area contributed by atoms with Crippen LogP contribution in [0.1, 0.15) is 37.7 Å². The molecule has 4 nitrogen and oxygen atoms in total. The smallest absolute Gasteiger partial charge is 0.126 e. The molecule has 2 rings (SSSR count). The maximum absolute atomic E-state index is 8.66. The molecule has 4 heteroatoms. The normalized spacial score (nSPS) is 16.2. The second-order valence-electron chi connectivity index (χ2n) is 4.60. The summed E-state index contributed by atoms with van der Waals surface area (Å²) in [5.41, 5.74) is 0.582. The van der Waals surface area contributed by atoms with Crippen LogP contribution in [0.4, 0.5) is 5.82 Å². The molecule has 0 atom stereocenters. The predicted octanol–water partition coefficient (Wildman–Crippen LogP) is 2.71. The Kier molecular flexibility index (Phi) is 4.98. The van der Waals surface area contributed by atoms with Gasteiger partial charge in [-0.1, -0.05) is 19.3 Å². The van der Waals surface area contributed by atoms with Crippen LogP contribution in [0.25, 0.3) is 0 Å². The van der Waals surface area contributed by atoms with E-state index in [0.29, 0.717) is 18.3 Å². The summed E-state index contributed by atoms with van der Waals surface area (Å²) in [6, 6.07) is 5.63. The Morgan fingerprint density at radius 3 is 2.83 bits per heavy atom. The van der Waals surface area contributed by atoms with E-state index in [2.05, 4.69) is 10.3 Å². The first-order valence-corrected chi connectivity index (χ1v) is 6.60. The van der Waals surface area contributed by atoms with Crippen molar-refractivity contribution in [3.05, 3.63) is 23.9 Å². The number of nitrogens with zero attached hydrogens (tertiary/aromatic N) is 2. The zero-order valence-corrected chi connectivity index (χ0v) is 10.6. The molecule has 0 aliphatic heterocycles. The molecule has 1 N–H and O–H groups in total. The molecule has 0 saturated heterocycles. The quantitative estimate of drug-likeness (QED) is 0.810. The highest BCUT2D eigenvalue weighted by Gasteiger charge is 2.12. The lowest BCUT2D eigenvalue weighted by atomic mass is 9.98. The fourth-order valence-electron chi connectivity index (χ4n) is 2.20. The highest BCUT2D eigenvalue weighted by molar-refractivity contribution is 5.38. The number of aromatic nitrogens is 1. The van der Waals surface area contributed by atoms with Gasteiger partial charge in [-0.05, 0) is 25.0 Å². The second kappa shape index (κ2) is 6.97. The zero-order chi connectivity index (χ0) is 12.6. The second-order valence-corrected chi connectivity index (χ2v) is 4.60. The van der Waals surface area contributed by atoms with E-state index in [1.165, 1.54) is 32.1 Å². The minimum Gasteiger partial charge on any atom is -0.376 e. The van der Waals surface area contributed by atoms with Crippen molar-refractivity contribution in [2.75, 3.05) is 18.5 Å². The standard InChI is InChI=1S/C14H19N3O/c15-10-12-6-7-14(17-11-12)16-8-9-18-13-4-2-1-3-5-13/h6-7,11,13H,1-5,8-9H2,(H,16,17). The SMILES string of the molecule is N#Cc1ccc(NCCOC2CCCCC2)nc1. The zero-order valence-electron chi connectivity index (χ0n) is 10.6. The van der Waals surface area contributed by atoms with Crippen LogP contribution in [0, 0.1) is 11.3 Å². The average molecular weight is 245 g/mol. The lowest BCUT2D eigenvalue weighted by Gasteiger charge is -2.22. The Labute approximate surface area is 108 Å². The summed E-state index contributed by atoms with van der Waals surface area (Å²) in [5.74, 6) is 0.793. The van der Waals surface area contributed by atoms with Gasteiger partial charge in [0.1, 0.15) is 11.9 Å². The largest absolute Gasteiger partial charge is 0.376 e. The lowest BCUT2D eigenvalue weighted by Crippen LogP contribution is -2.20. The third-order valence-electron chi connectivity index (χ3n) is 3.21. The summed E-state index contributed by atoms with van der Waals surface area (Å²) in [6.45, 7) is 1.47. The molecule has 1 saturated carbocycles. The summed E-state index contributed by atoms with van der Waals surface area (Å²) < 4.78 is 5.81. The minimum atomic E-state index is 0.453. The number of ether oxygens (including phenoxy) is 1. The monoisotopic (exact) mass is 245 g/mol. The molecule has 1 aliphatic carbocycles. The highest BCUT2D eigenvalue weighted by atomic mass is 16.5. The van der Waals surface area contributed by atoms with E-state index in [4.69, 9.17) is 10.00 Å². The molecule has 0 spiro atoms. The number of anilines is 1. The minimum absolute atomic E-state index is 0.453. The first kappa shape index (κ1) is 12.8. The van der Waals surface area contributed by atoms with Gasteiger partial charge in [0.15, 0.2) is 0 Å². The Hall–Kier alpha value is -1.60. The molecule has 0 aromatic carbocycles.